The molecule has 4 rings (SSSR count). The van der Waals surface area contributed by atoms with Gasteiger partial charge in [0.05, 0.1) is 0 Å². The van der Waals surface area contributed by atoms with Crippen LogP contribution in [0.5, 0.6) is 0 Å². The SMILES string of the molecule is CC(=O)O[C@@H]1CC[C@@]2(C)[C@@H](CC[C@@H]3[C@@H]2CC[C@]2(C)[C@@H]([C@H](C)OC(C)=O)CC[C@@H]32)C1. The van der Waals surface area contributed by atoms with Crippen molar-refractivity contribution in [3.8, 4) is 0 Å². The molecule has 0 aromatic heterocycles. The van der Waals surface area contributed by atoms with Crippen LogP contribution in [0.1, 0.15) is 92.4 Å². The Balaban J connectivity index is 1.50. The monoisotopic (exact) mass is 404 g/mol. The maximum atomic E-state index is 11.5. The van der Waals surface area contributed by atoms with Crippen molar-refractivity contribution in [1.29, 1.82) is 0 Å². The number of esters is 2. The van der Waals surface area contributed by atoms with Crippen molar-refractivity contribution in [2.75, 3.05) is 0 Å². The van der Waals surface area contributed by atoms with Crippen LogP contribution in [-0.4, -0.2) is 24.1 Å². The molecule has 0 aromatic carbocycles. The van der Waals surface area contributed by atoms with Crippen molar-refractivity contribution in [2.24, 2.45) is 40.4 Å². The van der Waals surface area contributed by atoms with E-state index in [1.165, 1.54) is 51.9 Å². The van der Waals surface area contributed by atoms with E-state index in [4.69, 9.17) is 9.47 Å². The Kier molecular flexibility index (Phi) is 5.53. The van der Waals surface area contributed by atoms with Gasteiger partial charge >= 0.3 is 11.9 Å². The van der Waals surface area contributed by atoms with Gasteiger partial charge < -0.3 is 9.47 Å². The predicted molar refractivity (Wildman–Crippen MR) is 112 cm³/mol. The zero-order chi connectivity index (χ0) is 21.0. The number of hydrogen-bond donors (Lipinski definition) is 0. The molecule has 0 bridgehead atoms. The van der Waals surface area contributed by atoms with Gasteiger partial charge in [-0.05, 0) is 99.2 Å². The number of hydrogen-bond acceptors (Lipinski definition) is 4. The molecular weight excluding hydrogens is 364 g/mol. The average Bonchev–Trinajstić information content (AvgIpc) is 2.98. The molecule has 4 fully saturated rings. The summed E-state index contributed by atoms with van der Waals surface area (Å²) >= 11 is 0. The van der Waals surface area contributed by atoms with Crippen molar-refractivity contribution >= 4 is 11.9 Å². The van der Waals surface area contributed by atoms with E-state index in [0.717, 1.165) is 30.6 Å². The van der Waals surface area contributed by atoms with Crippen LogP contribution in [0.2, 0.25) is 0 Å². The molecule has 4 saturated carbocycles. The first kappa shape index (κ1) is 21.2. The summed E-state index contributed by atoms with van der Waals surface area (Å²) in [5.74, 6) is 3.32. The van der Waals surface area contributed by atoms with E-state index in [1.54, 1.807) is 6.92 Å². The van der Waals surface area contributed by atoms with Crippen molar-refractivity contribution in [1.82, 2.24) is 0 Å². The minimum atomic E-state index is -0.143. The lowest BCUT2D eigenvalue weighted by atomic mass is 9.44. The highest BCUT2D eigenvalue weighted by Gasteiger charge is 2.61. The standard InChI is InChI=1S/C25H40O4/c1-15(28-16(2)26)21-8-9-22-20-7-6-18-14-19(29-17(3)27)10-12-24(18,4)23(20)11-13-25(21,22)5/h15,18-23H,6-14H2,1-5H3/t15-,18-,19+,20-,21+,22-,23-,24-,25+/m0/s1. The molecule has 0 heterocycles. The minimum Gasteiger partial charge on any atom is -0.463 e. The number of rotatable bonds is 3. The number of fused-ring (bicyclic) bond motifs is 5. The Bertz CT molecular complexity index is 659. The second-order valence-electron chi connectivity index (χ2n) is 11.2. The van der Waals surface area contributed by atoms with Gasteiger partial charge in [-0.3, -0.25) is 9.59 Å². The lowest BCUT2D eigenvalue weighted by Crippen LogP contribution is -2.54. The van der Waals surface area contributed by atoms with Gasteiger partial charge in [-0.1, -0.05) is 13.8 Å². The van der Waals surface area contributed by atoms with Gasteiger partial charge in [0.25, 0.3) is 0 Å². The topological polar surface area (TPSA) is 52.6 Å². The second-order valence-corrected chi connectivity index (χ2v) is 11.2. The van der Waals surface area contributed by atoms with Gasteiger partial charge in [-0.15, -0.1) is 0 Å². The summed E-state index contributed by atoms with van der Waals surface area (Å²) in [6.45, 7) is 10.2. The third-order valence-corrected chi connectivity index (χ3v) is 9.94. The summed E-state index contributed by atoms with van der Waals surface area (Å²) in [4.78, 5) is 23.0. The fourth-order valence-electron chi connectivity index (χ4n) is 8.72. The predicted octanol–water partition coefficient (Wildman–Crippen LogP) is 5.53. The van der Waals surface area contributed by atoms with Crippen LogP contribution in [0.3, 0.4) is 0 Å². The van der Waals surface area contributed by atoms with Crippen molar-refractivity contribution < 1.29 is 19.1 Å². The maximum Gasteiger partial charge on any atom is 0.302 e. The van der Waals surface area contributed by atoms with Crippen LogP contribution in [0, 0.1) is 40.4 Å². The number of carbonyl (C=O) groups excluding carboxylic acids is 2. The molecule has 164 valence electrons. The number of ether oxygens (including phenoxy) is 2. The zero-order valence-corrected chi connectivity index (χ0v) is 19.0. The highest BCUT2D eigenvalue weighted by Crippen LogP contribution is 2.68. The summed E-state index contributed by atoms with van der Waals surface area (Å²) in [6, 6.07) is 0. The van der Waals surface area contributed by atoms with Gasteiger partial charge in [-0.25, -0.2) is 0 Å². The van der Waals surface area contributed by atoms with Gasteiger partial charge in [0, 0.05) is 19.8 Å². The molecule has 4 aliphatic rings. The first-order valence-corrected chi connectivity index (χ1v) is 12.0. The van der Waals surface area contributed by atoms with Crippen LogP contribution in [0.25, 0.3) is 0 Å². The van der Waals surface area contributed by atoms with E-state index < -0.39 is 0 Å². The Morgan fingerprint density at radius 3 is 2.24 bits per heavy atom. The highest BCUT2D eigenvalue weighted by atomic mass is 16.5. The second kappa shape index (κ2) is 7.57. The van der Waals surface area contributed by atoms with E-state index >= 15 is 0 Å². The third kappa shape index (κ3) is 3.53. The van der Waals surface area contributed by atoms with E-state index in [2.05, 4.69) is 20.8 Å². The van der Waals surface area contributed by atoms with E-state index in [1.807, 2.05) is 0 Å². The molecule has 0 aromatic rings. The van der Waals surface area contributed by atoms with E-state index in [-0.39, 0.29) is 24.1 Å². The Morgan fingerprint density at radius 2 is 1.55 bits per heavy atom. The van der Waals surface area contributed by atoms with Gasteiger partial charge in [-0.2, -0.15) is 0 Å². The molecule has 0 N–H and O–H groups in total. The summed E-state index contributed by atoms with van der Waals surface area (Å²) < 4.78 is 11.3. The van der Waals surface area contributed by atoms with E-state index in [0.29, 0.717) is 22.7 Å². The lowest BCUT2D eigenvalue weighted by Gasteiger charge is -2.61. The van der Waals surface area contributed by atoms with Crippen molar-refractivity contribution in [2.45, 2.75) is 105 Å². The molecule has 0 spiro atoms. The molecule has 0 saturated heterocycles. The normalized spacial score (nSPS) is 47.3. The molecule has 4 nitrogen and oxygen atoms in total. The summed E-state index contributed by atoms with van der Waals surface area (Å²) in [5, 5.41) is 0. The smallest absolute Gasteiger partial charge is 0.302 e. The Morgan fingerprint density at radius 1 is 0.862 bits per heavy atom. The van der Waals surface area contributed by atoms with Gasteiger partial charge in [0.15, 0.2) is 0 Å². The fraction of sp³-hybridized carbons (Fsp3) is 0.920. The maximum absolute atomic E-state index is 11.5. The summed E-state index contributed by atoms with van der Waals surface area (Å²) in [6.07, 6.45) is 11.2. The Hall–Kier alpha value is -1.06. The molecule has 0 unspecified atom stereocenters. The molecule has 4 heteroatoms. The molecule has 29 heavy (non-hydrogen) atoms. The molecular formula is C25H40O4. The van der Waals surface area contributed by atoms with E-state index in [9.17, 15) is 9.59 Å². The summed E-state index contributed by atoms with van der Waals surface area (Å²) in [5.41, 5.74) is 0.717. The van der Waals surface area contributed by atoms with Crippen LogP contribution in [0.15, 0.2) is 0 Å². The van der Waals surface area contributed by atoms with Crippen LogP contribution >= 0.6 is 0 Å². The Labute approximate surface area is 176 Å². The highest BCUT2D eigenvalue weighted by molar-refractivity contribution is 5.66. The molecule has 0 amide bonds. The fourth-order valence-corrected chi connectivity index (χ4v) is 8.72. The van der Waals surface area contributed by atoms with Crippen LogP contribution in [-0.2, 0) is 19.1 Å². The molecule has 9 atom stereocenters. The zero-order valence-electron chi connectivity index (χ0n) is 19.0. The first-order chi connectivity index (χ1) is 13.6. The molecule has 0 aliphatic heterocycles. The van der Waals surface area contributed by atoms with Crippen molar-refractivity contribution in [3.63, 3.8) is 0 Å². The summed E-state index contributed by atoms with van der Waals surface area (Å²) in [7, 11) is 0. The van der Waals surface area contributed by atoms with Gasteiger partial charge in [0.2, 0.25) is 0 Å². The molecule has 0 radical (unpaired) electrons. The minimum absolute atomic E-state index is 0.0325. The van der Waals surface area contributed by atoms with Gasteiger partial charge in [0.1, 0.15) is 12.2 Å². The average molecular weight is 405 g/mol. The molecule has 4 aliphatic carbocycles. The largest absolute Gasteiger partial charge is 0.463 e. The quantitative estimate of drug-likeness (QED) is 0.581. The van der Waals surface area contributed by atoms with Crippen LogP contribution < -0.4 is 0 Å². The first-order valence-electron chi connectivity index (χ1n) is 12.0. The lowest BCUT2D eigenvalue weighted by molar-refractivity contribution is -0.164. The third-order valence-electron chi connectivity index (χ3n) is 9.94. The number of carbonyl (C=O) groups is 2. The van der Waals surface area contributed by atoms with Crippen LogP contribution in [0.4, 0.5) is 0 Å². The van der Waals surface area contributed by atoms with Crippen molar-refractivity contribution in [3.05, 3.63) is 0 Å².